The van der Waals surface area contributed by atoms with Gasteiger partial charge in [0.2, 0.25) is 5.91 Å². The van der Waals surface area contributed by atoms with Gasteiger partial charge in [-0.1, -0.05) is 18.2 Å². The molecular formula is C19H19N5O3. The molecule has 8 nitrogen and oxygen atoms in total. The monoisotopic (exact) mass is 365 g/mol. The Morgan fingerprint density at radius 3 is 2.67 bits per heavy atom. The summed E-state index contributed by atoms with van der Waals surface area (Å²) in [6.45, 7) is 2.73. The third kappa shape index (κ3) is 3.03. The molecule has 0 radical (unpaired) electrons. The van der Waals surface area contributed by atoms with Crippen molar-refractivity contribution in [1.29, 1.82) is 0 Å². The van der Waals surface area contributed by atoms with Crippen LogP contribution >= 0.6 is 0 Å². The Morgan fingerprint density at radius 1 is 1.11 bits per heavy atom. The summed E-state index contributed by atoms with van der Waals surface area (Å²) < 4.78 is 0. The zero-order valence-electron chi connectivity index (χ0n) is 14.9. The first-order chi connectivity index (χ1) is 13.1. The van der Waals surface area contributed by atoms with Gasteiger partial charge in [0.05, 0.1) is 29.0 Å². The molecule has 1 aliphatic heterocycles. The molecule has 3 aromatic rings. The number of fused-ring (bicyclic) bond motifs is 2. The highest BCUT2D eigenvalue weighted by molar-refractivity contribution is 5.91. The van der Waals surface area contributed by atoms with Gasteiger partial charge in [-0.3, -0.25) is 14.4 Å². The highest BCUT2D eigenvalue weighted by Crippen LogP contribution is 2.23. The van der Waals surface area contributed by atoms with E-state index in [1.807, 2.05) is 6.07 Å². The molecule has 1 aromatic carbocycles. The molecule has 1 amide bonds. The summed E-state index contributed by atoms with van der Waals surface area (Å²) in [7, 11) is 0. The van der Waals surface area contributed by atoms with Crippen LogP contribution < -0.4 is 11.1 Å². The summed E-state index contributed by atoms with van der Waals surface area (Å²) in [5.74, 6) is -0.594. The van der Waals surface area contributed by atoms with E-state index < -0.39 is 5.92 Å². The van der Waals surface area contributed by atoms with Gasteiger partial charge >= 0.3 is 0 Å². The molecule has 1 atom stereocenters. The van der Waals surface area contributed by atoms with Crippen molar-refractivity contribution in [2.75, 3.05) is 13.1 Å². The number of hydrogen-bond acceptors (Lipinski definition) is 5. The van der Waals surface area contributed by atoms with Crippen molar-refractivity contribution in [2.24, 2.45) is 0 Å². The van der Waals surface area contributed by atoms with Crippen molar-refractivity contribution in [3.8, 4) is 0 Å². The minimum Gasteiger partial charge on any atom is -0.341 e. The predicted molar refractivity (Wildman–Crippen MR) is 99.6 cm³/mol. The van der Waals surface area contributed by atoms with Crippen LogP contribution in [0.2, 0.25) is 0 Å². The fourth-order valence-electron chi connectivity index (χ4n) is 3.61. The first-order valence-electron chi connectivity index (χ1n) is 8.88. The second kappa shape index (κ2) is 6.79. The number of benzene rings is 1. The lowest BCUT2D eigenvalue weighted by Gasteiger charge is -2.24. The lowest BCUT2D eigenvalue weighted by molar-refractivity contribution is -0.132. The molecule has 138 valence electrons. The van der Waals surface area contributed by atoms with E-state index >= 15 is 0 Å². The highest BCUT2D eigenvalue weighted by Gasteiger charge is 2.27. The Morgan fingerprint density at radius 2 is 1.85 bits per heavy atom. The zero-order valence-corrected chi connectivity index (χ0v) is 14.9. The van der Waals surface area contributed by atoms with E-state index in [0.29, 0.717) is 48.0 Å². The molecule has 0 fully saturated rings. The molecule has 0 spiro atoms. The fourth-order valence-corrected chi connectivity index (χ4v) is 3.61. The number of aromatic amines is 2. The molecule has 27 heavy (non-hydrogen) atoms. The summed E-state index contributed by atoms with van der Waals surface area (Å²) in [6.07, 6.45) is 2.41. The van der Waals surface area contributed by atoms with Crippen LogP contribution in [0.15, 0.2) is 40.2 Å². The predicted octanol–water partition coefficient (Wildman–Crippen LogP) is 0.737. The third-order valence-corrected chi connectivity index (χ3v) is 5.11. The van der Waals surface area contributed by atoms with Crippen LogP contribution in [0, 0.1) is 0 Å². The topological polar surface area (TPSA) is 112 Å². The molecule has 1 aliphatic rings. The van der Waals surface area contributed by atoms with Gasteiger partial charge in [-0.25, -0.2) is 10.1 Å². The van der Waals surface area contributed by atoms with E-state index in [1.54, 1.807) is 30.0 Å². The lowest BCUT2D eigenvalue weighted by Crippen LogP contribution is -2.37. The van der Waals surface area contributed by atoms with Crippen LogP contribution in [0.4, 0.5) is 0 Å². The number of H-pyrrole nitrogens is 2. The third-order valence-electron chi connectivity index (χ3n) is 5.11. The van der Waals surface area contributed by atoms with E-state index in [9.17, 15) is 14.4 Å². The molecule has 3 heterocycles. The number of nitrogens with zero attached hydrogens (tertiary/aromatic N) is 3. The number of carbonyl (C=O) groups excluding carboxylic acids is 1. The molecule has 0 unspecified atom stereocenters. The van der Waals surface area contributed by atoms with Crippen LogP contribution in [-0.4, -0.2) is 44.1 Å². The van der Waals surface area contributed by atoms with E-state index in [0.717, 1.165) is 5.69 Å². The number of aromatic nitrogens is 4. The molecule has 0 aliphatic carbocycles. The Bertz CT molecular complexity index is 1130. The summed E-state index contributed by atoms with van der Waals surface area (Å²) in [4.78, 5) is 45.6. The van der Waals surface area contributed by atoms with Crippen LogP contribution in [-0.2, 0) is 17.6 Å². The second-order valence-corrected chi connectivity index (χ2v) is 6.69. The second-order valence-electron chi connectivity index (χ2n) is 6.69. The first kappa shape index (κ1) is 17.1. The molecule has 2 N–H and O–H groups in total. The Labute approximate surface area is 154 Å². The van der Waals surface area contributed by atoms with Crippen molar-refractivity contribution < 1.29 is 4.79 Å². The molecular weight excluding hydrogens is 346 g/mol. The number of hydrogen-bond donors (Lipinski definition) is 2. The summed E-state index contributed by atoms with van der Waals surface area (Å²) in [5.41, 5.74) is 1.52. The van der Waals surface area contributed by atoms with Gasteiger partial charge in [-0.15, -0.1) is 0 Å². The van der Waals surface area contributed by atoms with Gasteiger partial charge in [-0.2, -0.15) is 5.10 Å². The maximum Gasteiger partial charge on any atom is 0.272 e. The van der Waals surface area contributed by atoms with Crippen molar-refractivity contribution in [3.63, 3.8) is 0 Å². The largest absolute Gasteiger partial charge is 0.341 e. The van der Waals surface area contributed by atoms with E-state index in [4.69, 9.17) is 0 Å². The smallest absolute Gasteiger partial charge is 0.272 e. The van der Waals surface area contributed by atoms with Crippen molar-refractivity contribution >= 4 is 16.7 Å². The van der Waals surface area contributed by atoms with Gasteiger partial charge in [0.25, 0.3) is 11.1 Å². The fraction of sp³-hybridized carbons (Fsp3) is 0.316. The maximum atomic E-state index is 13.1. The van der Waals surface area contributed by atoms with Crippen LogP contribution in [0.1, 0.15) is 29.8 Å². The van der Waals surface area contributed by atoms with Crippen molar-refractivity contribution in [3.05, 3.63) is 68.3 Å². The maximum absolute atomic E-state index is 13.1. The summed E-state index contributed by atoms with van der Waals surface area (Å²) in [5, 5.41) is 7.82. The minimum atomic E-state index is -0.515. The first-order valence-corrected chi connectivity index (χ1v) is 8.88. The van der Waals surface area contributed by atoms with Gasteiger partial charge in [0, 0.05) is 30.5 Å². The zero-order chi connectivity index (χ0) is 19.0. The molecule has 0 saturated carbocycles. The van der Waals surface area contributed by atoms with Gasteiger partial charge < -0.3 is 9.88 Å². The van der Waals surface area contributed by atoms with Gasteiger partial charge in [0.15, 0.2) is 0 Å². The standard InChI is InChI=1S/C19H19N5O3/c1-11(16-12-4-2-3-5-13(12)18(26)23-22-16)19(27)24-8-6-14-15(7-9-24)20-10-21-17(14)25/h2-5,10-11H,6-9H2,1H3,(H,23,26)(H,20,21,25)/t11-/m0/s1. The Balaban J connectivity index is 1.63. The SMILES string of the molecule is C[C@H](C(=O)N1CCc2nc[nH]c(=O)c2CC1)c1n[nH]c(=O)c2ccccc12. The van der Waals surface area contributed by atoms with Gasteiger partial charge in [-0.05, 0) is 19.4 Å². The molecule has 0 bridgehead atoms. The summed E-state index contributed by atoms with van der Waals surface area (Å²) in [6, 6.07) is 7.13. The number of nitrogens with one attached hydrogen (secondary N) is 2. The number of amides is 1. The molecule has 2 aromatic heterocycles. The minimum absolute atomic E-state index is 0.0797. The molecule has 0 saturated heterocycles. The lowest BCUT2D eigenvalue weighted by atomic mass is 10.00. The Hall–Kier alpha value is -3.29. The van der Waals surface area contributed by atoms with E-state index in [2.05, 4.69) is 20.2 Å². The van der Waals surface area contributed by atoms with Crippen molar-refractivity contribution in [2.45, 2.75) is 25.7 Å². The quantitative estimate of drug-likeness (QED) is 0.696. The Kier molecular flexibility index (Phi) is 4.31. The number of carbonyl (C=O) groups is 1. The van der Waals surface area contributed by atoms with Crippen LogP contribution in [0.3, 0.4) is 0 Å². The van der Waals surface area contributed by atoms with E-state index in [-0.39, 0.29) is 17.0 Å². The normalized spacial score (nSPS) is 15.2. The van der Waals surface area contributed by atoms with Crippen LogP contribution in [0.25, 0.3) is 10.8 Å². The average Bonchev–Trinajstić information content (AvgIpc) is 2.91. The number of rotatable bonds is 2. The summed E-state index contributed by atoms with van der Waals surface area (Å²) >= 11 is 0. The van der Waals surface area contributed by atoms with E-state index in [1.165, 1.54) is 6.33 Å². The van der Waals surface area contributed by atoms with Gasteiger partial charge in [0.1, 0.15) is 0 Å². The van der Waals surface area contributed by atoms with Crippen molar-refractivity contribution in [1.82, 2.24) is 25.1 Å². The van der Waals surface area contributed by atoms with Crippen LogP contribution in [0.5, 0.6) is 0 Å². The molecule has 8 heteroatoms. The molecule has 4 rings (SSSR count). The highest BCUT2D eigenvalue weighted by atomic mass is 16.2. The average molecular weight is 365 g/mol.